The van der Waals surface area contributed by atoms with E-state index in [0.29, 0.717) is 55.6 Å². The number of hydrogen-bond donors (Lipinski definition) is 0. The number of fused-ring (bicyclic) bond motifs is 1. The predicted octanol–water partition coefficient (Wildman–Crippen LogP) is 5.25. The highest BCUT2D eigenvalue weighted by atomic mass is 35.5. The van der Waals surface area contributed by atoms with Crippen LogP contribution in [-0.4, -0.2) is 27.8 Å². The Kier molecular flexibility index (Phi) is 6.98. The zero-order valence-electron chi connectivity index (χ0n) is 17.6. The molecule has 4 aromatic rings. The average molecular weight is 490 g/mol. The number of unbranched alkanes of at least 4 members (excludes halogenated alkanes) is 1. The Morgan fingerprint density at radius 1 is 1.09 bits per heavy atom. The Balaban J connectivity index is 1.68. The third kappa shape index (κ3) is 4.75. The van der Waals surface area contributed by atoms with Gasteiger partial charge in [-0.2, -0.15) is 9.50 Å². The van der Waals surface area contributed by atoms with Crippen molar-refractivity contribution in [3.8, 4) is 22.9 Å². The monoisotopic (exact) mass is 489 g/mol. The zero-order chi connectivity index (χ0) is 22.7. The normalized spacial score (nSPS) is 11.9. The van der Waals surface area contributed by atoms with Gasteiger partial charge < -0.3 is 9.47 Å². The van der Waals surface area contributed by atoms with Gasteiger partial charge in [-0.1, -0.05) is 53.9 Å². The molecule has 0 unspecified atom stereocenters. The fourth-order valence-electron chi connectivity index (χ4n) is 3.10. The van der Waals surface area contributed by atoms with E-state index in [1.165, 1.54) is 15.9 Å². The Hall–Kier alpha value is -2.61. The lowest BCUT2D eigenvalue weighted by Crippen LogP contribution is -2.23. The first kappa shape index (κ1) is 22.6. The number of halogens is 2. The maximum atomic E-state index is 12.9. The second-order valence-electron chi connectivity index (χ2n) is 7.01. The SMILES string of the molecule is CCCCOc1ccc(C=c2sc3nc(-c4ccc(Cl)cc4Cl)nn3c2=O)cc1OCC. The molecule has 0 spiro atoms. The minimum absolute atomic E-state index is 0.241. The van der Waals surface area contributed by atoms with Gasteiger partial charge in [-0.05, 0) is 55.3 Å². The van der Waals surface area contributed by atoms with E-state index in [4.69, 9.17) is 32.7 Å². The van der Waals surface area contributed by atoms with E-state index in [2.05, 4.69) is 17.0 Å². The fraction of sp³-hybridized carbons (Fsp3) is 0.261. The first-order valence-corrected chi connectivity index (χ1v) is 11.8. The number of benzene rings is 2. The standard InChI is InChI=1S/C23H21Cl2N3O3S/c1-3-5-10-31-18-9-6-14(11-19(18)30-4-2)12-20-22(29)28-23(32-20)26-21(27-28)16-8-7-15(24)13-17(16)25/h6-9,11-13H,3-5,10H2,1-2H3. The van der Waals surface area contributed by atoms with Gasteiger partial charge >= 0.3 is 0 Å². The molecule has 9 heteroatoms. The van der Waals surface area contributed by atoms with Crippen molar-refractivity contribution in [1.82, 2.24) is 14.6 Å². The van der Waals surface area contributed by atoms with Gasteiger partial charge in [0.1, 0.15) is 0 Å². The number of ether oxygens (including phenoxy) is 2. The summed E-state index contributed by atoms with van der Waals surface area (Å²) in [7, 11) is 0. The molecule has 2 aromatic carbocycles. The van der Waals surface area contributed by atoms with E-state index < -0.39 is 0 Å². The minimum Gasteiger partial charge on any atom is -0.490 e. The van der Waals surface area contributed by atoms with Gasteiger partial charge in [-0.15, -0.1) is 5.10 Å². The first-order valence-electron chi connectivity index (χ1n) is 10.3. The first-order chi connectivity index (χ1) is 15.5. The van der Waals surface area contributed by atoms with Crippen molar-refractivity contribution in [2.75, 3.05) is 13.2 Å². The van der Waals surface area contributed by atoms with E-state index in [-0.39, 0.29) is 5.56 Å². The molecule has 0 amide bonds. The number of rotatable bonds is 8. The van der Waals surface area contributed by atoms with Crippen LogP contribution in [0.3, 0.4) is 0 Å². The lowest BCUT2D eigenvalue weighted by Gasteiger charge is -2.12. The lowest BCUT2D eigenvalue weighted by atomic mass is 10.2. The van der Waals surface area contributed by atoms with Crippen LogP contribution in [0, 0.1) is 0 Å². The molecule has 0 aliphatic rings. The molecule has 0 aliphatic heterocycles. The molecule has 0 N–H and O–H groups in total. The minimum atomic E-state index is -0.241. The molecule has 0 radical (unpaired) electrons. The summed E-state index contributed by atoms with van der Waals surface area (Å²) < 4.78 is 13.4. The van der Waals surface area contributed by atoms with Crippen LogP contribution in [0.2, 0.25) is 10.0 Å². The Bertz CT molecular complexity index is 1370. The lowest BCUT2D eigenvalue weighted by molar-refractivity contribution is 0.272. The Labute approximate surface area is 199 Å². The molecule has 0 fully saturated rings. The van der Waals surface area contributed by atoms with Crippen molar-refractivity contribution >= 4 is 45.6 Å². The quantitative estimate of drug-likeness (QED) is 0.316. The van der Waals surface area contributed by atoms with Gasteiger partial charge in [0.15, 0.2) is 17.3 Å². The predicted molar refractivity (Wildman–Crippen MR) is 129 cm³/mol. The number of thiazole rings is 1. The van der Waals surface area contributed by atoms with E-state index >= 15 is 0 Å². The molecule has 2 aromatic heterocycles. The highest BCUT2D eigenvalue weighted by Crippen LogP contribution is 2.30. The molecule has 6 nitrogen and oxygen atoms in total. The Morgan fingerprint density at radius 2 is 1.94 bits per heavy atom. The molecular formula is C23H21Cl2N3O3S. The molecule has 4 rings (SSSR count). The Morgan fingerprint density at radius 3 is 2.66 bits per heavy atom. The van der Waals surface area contributed by atoms with Crippen LogP contribution in [0.4, 0.5) is 0 Å². The highest BCUT2D eigenvalue weighted by Gasteiger charge is 2.15. The van der Waals surface area contributed by atoms with E-state index in [9.17, 15) is 4.79 Å². The molecule has 0 aliphatic carbocycles. The van der Waals surface area contributed by atoms with Gasteiger partial charge in [-0.25, -0.2) is 0 Å². The highest BCUT2D eigenvalue weighted by molar-refractivity contribution is 7.15. The van der Waals surface area contributed by atoms with Gasteiger partial charge in [0.2, 0.25) is 4.96 Å². The second kappa shape index (κ2) is 9.90. The van der Waals surface area contributed by atoms with Crippen LogP contribution in [-0.2, 0) is 0 Å². The van der Waals surface area contributed by atoms with Crippen LogP contribution >= 0.6 is 34.5 Å². The molecule has 0 saturated carbocycles. The molecule has 166 valence electrons. The summed E-state index contributed by atoms with van der Waals surface area (Å²) >= 11 is 13.5. The number of hydrogen-bond acceptors (Lipinski definition) is 6. The number of nitrogens with zero attached hydrogens (tertiary/aromatic N) is 3. The summed E-state index contributed by atoms with van der Waals surface area (Å²) in [6, 6.07) is 10.7. The summed E-state index contributed by atoms with van der Waals surface area (Å²) in [5.74, 6) is 1.74. The summed E-state index contributed by atoms with van der Waals surface area (Å²) in [6.45, 7) is 5.20. The maximum Gasteiger partial charge on any atom is 0.291 e. The third-order valence-electron chi connectivity index (χ3n) is 4.67. The van der Waals surface area contributed by atoms with Crippen molar-refractivity contribution < 1.29 is 9.47 Å². The fourth-order valence-corrected chi connectivity index (χ4v) is 4.50. The molecular weight excluding hydrogens is 469 g/mol. The van der Waals surface area contributed by atoms with Crippen molar-refractivity contribution in [3.63, 3.8) is 0 Å². The van der Waals surface area contributed by atoms with Crippen LogP contribution in [0.15, 0.2) is 41.2 Å². The third-order valence-corrected chi connectivity index (χ3v) is 6.18. The van der Waals surface area contributed by atoms with Crippen molar-refractivity contribution in [2.24, 2.45) is 0 Å². The van der Waals surface area contributed by atoms with E-state index in [1.807, 2.05) is 25.1 Å². The zero-order valence-corrected chi connectivity index (χ0v) is 19.9. The smallest absolute Gasteiger partial charge is 0.291 e. The largest absolute Gasteiger partial charge is 0.490 e. The van der Waals surface area contributed by atoms with Crippen molar-refractivity contribution in [1.29, 1.82) is 0 Å². The molecule has 2 heterocycles. The van der Waals surface area contributed by atoms with E-state index in [1.54, 1.807) is 24.3 Å². The average Bonchev–Trinajstić information content (AvgIpc) is 3.29. The van der Waals surface area contributed by atoms with Crippen molar-refractivity contribution in [2.45, 2.75) is 26.7 Å². The molecule has 0 saturated heterocycles. The van der Waals surface area contributed by atoms with Gasteiger partial charge in [0, 0.05) is 10.6 Å². The molecule has 32 heavy (non-hydrogen) atoms. The molecule has 0 atom stereocenters. The topological polar surface area (TPSA) is 65.7 Å². The van der Waals surface area contributed by atoms with Gasteiger partial charge in [0.05, 0.1) is 22.8 Å². The summed E-state index contributed by atoms with van der Waals surface area (Å²) in [4.78, 5) is 17.9. The second-order valence-corrected chi connectivity index (χ2v) is 8.86. The molecule has 0 bridgehead atoms. The van der Waals surface area contributed by atoms with Crippen LogP contribution in [0.1, 0.15) is 32.3 Å². The van der Waals surface area contributed by atoms with Crippen molar-refractivity contribution in [3.05, 3.63) is 66.9 Å². The number of aromatic nitrogens is 3. The van der Waals surface area contributed by atoms with Crippen LogP contribution < -0.4 is 19.6 Å². The van der Waals surface area contributed by atoms with Gasteiger partial charge in [0.25, 0.3) is 5.56 Å². The summed E-state index contributed by atoms with van der Waals surface area (Å²) in [6.07, 6.45) is 3.84. The summed E-state index contributed by atoms with van der Waals surface area (Å²) in [5, 5.41) is 5.30. The maximum absolute atomic E-state index is 12.9. The van der Waals surface area contributed by atoms with Crippen LogP contribution in [0.5, 0.6) is 11.5 Å². The van der Waals surface area contributed by atoms with E-state index in [0.717, 1.165) is 18.4 Å². The van der Waals surface area contributed by atoms with Gasteiger partial charge in [-0.3, -0.25) is 4.79 Å². The summed E-state index contributed by atoms with van der Waals surface area (Å²) in [5.41, 5.74) is 1.21. The van der Waals surface area contributed by atoms with Crippen LogP contribution in [0.25, 0.3) is 22.4 Å².